The minimum Gasteiger partial charge on any atom is -0.457 e. The molecule has 4 nitrogen and oxygen atoms in total. The first-order valence-electron chi connectivity index (χ1n) is 8.00. The quantitative estimate of drug-likeness (QED) is 0.739. The van der Waals surface area contributed by atoms with Gasteiger partial charge in [-0.25, -0.2) is 0 Å². The normalized spacial score (nSPS) is 19.5. The van der Waals surface area contributed by atoms with E-state index in [0.717, 1.165) is 22.0 Å². The van der Waals surface area contributed by atoms with Crippen molar-refractivity contribution in [1.82, 2.24) is 5.32 Å². The van der Waals surface area contributed by atoms with Crippen molar-refractivity contribution >= 4 is 39.4 Å². The Hall–Kier alpha value is -1.85. The van der Waals surface area contributed by atoms with E-state index in [0.29, 0.717) is 11.6 Å². The van der Waals surface area contributed by atoms with Crippen LogP contribution in [0.1, 0.15) is 23.7 Å². The van der Waals surface area contributed by atoms with Gasteiger partial charge in [0, 0.05) is 16.0 Å². The van der Waals surface area contributed by atoms with Gasteiger partial charge >= 0.3 is 5.97 Å². The molecule has 3 rings (SSSR count). The first-order chi connectivity index (χ1) is 12.0. The van der Waals surface area contributed by atoms with Crippen LogP contribution in [0.2, 0.25) is 5.02 Å². The minimum absolute atomic E-state index is 0.0947. The zero-order valence-electron chi connectivity index (χ0n) is 13.4. The SMILES string of the molecule is O=C1C[C@H](C(=O)NCCc2ccc(Br)cc2)[C@@H](c2ccc(Cl)cc2)O1. The first kappa shape index (κ1) is 18.0. The zero-order valence-corrected chi connectivity index (χ0v) is 15.7. The molecule has 0 aliphatic carbocycles. The smallest absolute Gasteiger partial charge is 0.307 e. The number of hydrogen-bond donors (Lipinski definition) is 1. The number of amides is 1. The van der Waals surface area contributed by atoms with E-state index >= 15 is 0 Å². The number of benzene rings is 2. The van der Waals surface area contributed by atoms with Gasteiger partial charge < -0.3 is 10.1 Å². The first-order valence-corrected chi connectivity index (χ1v) is 9.17. The summed E-state index contributed by atoms with van der Waals surface area (Å²) in [6.07, 6.45) is 0.265. The fourth-order valence-corrected chi connectivity index (χ4v) is 3.24. The van der Waals surface area contributed by atoms with E-state index < -0.39 is 12.0 Å². The van der Waals surface area contributed by atoms with Crippen LogP contribution in [0, 0.1) is 5.92 Å². The highest BCUT2D eigenvalue weighted by molar-refractivity contribution is 9.10. The summed E-state index contributed by atoms with van der Waals surface area (Å²) in [4.78, 5) is 24.2. The van der Waals surface area contributed by atoms with Gasteiger partial charge in [0.2, 0.25) is 5.91 Å². The summed E-state index contributed by atoms with van der Waals surface area (Å²) in [5.74, 6) is -1.03. The van der Waals surface area contributed by atoms with E-state index in [4.69, 9.17) is 16.3 Å². The molecule has 1 aliphatic heterocycles. The topological polar surface area (TPSA) is 55.4 Å². The summed E-state index contributed by atoms with van der Waals surface area (Å²) >= 11 is 9.29. The Labute approximate surface area is 159 Å². The molecular formula is C19H17BrClNO3. The van der Waals surface area contributed by atoms with Crippen molar-refractivity contribution in [2.24, 2.45) is 5.92 Å². The maximum absolute atomic E-state index is 12.5. The van der Waals surface area contributed by atoms with Gasteiger partial charge in [0.15, 0.2) is 0 Å². The summed E-state index contributed by atoms with van der Waals surface area (Å²) in [5, 5.41) is 3.51. The fourth-order valence-electron chi connectivity index (χ4n) is 2.85. The second-order valence-electron chi connectivity index (χ2n) is 5.94. The Morgan fingerprint density at radius 3 is 2.52 bits per heavy atom. The molecule has 1 heterocycles. The van der Waals surface area contributed by atoms with E-state index in [-0.39, 0.29) is 18.3 Å². The van der Waals surface area contributed by atoms with Crippen LogP contribution in [0.3, 0.4) is 0 Å². The summed E-state index contributed by atoms with van der Waals surface area (Å²) in [7, 11) is 0. The van der Waals surface area contributed by atoms with E-state index in [1.54, 1.807) is 24.3 Å². The van der Waals surface area contributed by atoms with Crippen LogP contribution in [0.4, 0.5) is 0 Å². The van der Waals surface area contributed by atoms with Gasteiger partial charge in [-0.15, -0.1) is 0 Å². The van der Waals surface area contributed by atoms with Crippen LogP contribution < -0.4 is 5.32 Å². The van der Waals surface area contributed by atoms with Crippen LogP contribution in [-0.4, -0.2) is 18.4 Å². The fraction of sp³-hybridized carbons (Fsp3) is 0.263. The van der Waals surface area contributed by atoms with Crippen molar-refractivity contribution in [3.8, 4) is 0 Å². The molecule has 6 heteroatoms. The van der Waals surface area contributed by atoms with Crippen LogP contribution in [0.25, 0.3) is 0 Å². The maximum Gasteiger partial charge on any atom is 0.307 e. The average molecular weight is 423 g/mol. The average Bonchev–Trinajstić information content (AvgIpc) is 2.99. The second-order valence-corrected chi connectivity index (χ2v) is 7.29. The number of halogens is 2. The van der Waals surface area contributed by atoms with Crippen molar-refractivity contribution in [1.29, 1.82) is 0 Å². The third-order valence-electron chi connectivity index (χ3n) is 4.17. The Bertz CT molecular complexity index is 761. The van der Waals surface area contributed by atoms with Crippen molar-refractivity contribution in [3.05, 3.63) is 69.2 Å². The third-order valence-corrected chi connectivity index (χ3v) is 4.95. The number of hydrogen-bond acceptors (Lipinski definition) is 3. The van der Waals surface area contributed by atoms with Crippen LogP contribution in [0.5, 0.6) is 0 Å². The molecule has 2 aromatic carbocycles. The molecule has 0 bridgehead atoms. The molecule has 1 aliphatic rings. The molecule has 0 saturated carbocycles. The van der Waals surface area contributed by atoms with Gasteiger partial charge in [0.1, 0.15) is 6.10 Å². The van der Waals surface area contributed by atoms with E-state index in [9.17, 15) is 9.59 Å². The van der Waals surface area contributed by atoms with E-state index in [2.05, 4.69) is 21.2 Å². The van der Waals surface area contributed by atoms with Gasteiger partial charge in [-0.2, -0.15) is 0 Å². The zero-order chi connectivity index (χ0) is 17.8. The number of esters is 1. The molecule has 0 unspecified atom stereocenters. The monoisotopic (exact) mass is 421 g/mol. The summed E-state index contributed by atoms with van der Waals surface area (Å²) in [6.45, 7) is 0.512. The highest BCUT2D eigenvalue weighted by Crippen LogP contribution is 2.35. The lowest BCUT2D eigenvalue weighted by Gasteiger charge is -2.17. The molecule has 0 aromatic heterocycles. The molecule has 2 atom stereocenters. The molecule has 1 saturated heterocycles. The summed E-state index contributed by atoms with van der Waals surface area (Å²) < 4.78 is 6.37. The molecule has 1 fully saturated rings. The summed E-state index contributed by atoms with van der Waals surface area (Å²) in [5.41, 5.74) is 1.92. The van der Waals surface area contributed by atoms with Crippen molar-refractivity contribution < 1.29 is 14.3 Å². The Balaban J connectivity index is 1.60. The third kappa shape index (κ3) is 4.61. The van der Waals surface area contributed by atoms with Gasteiger partial charge in [-0.3, -0.25) is 9.59 Å². The Morgan fingerprint density at radius 2 is 1.84 bits per heavy atom. The molecule has 130 valence electrons. The van der Waals surface area contributed by atoms with Crippen LogP contribution in [-0.2, 0) is 20.7 Å². The lowest BCUT2D eigenvalue weighted by Crippen LogP contribution is -2.33. The van der Waals surface area contributed by atoms with Crippen molar-refractivity contribution in [2.45, 2.75) is 18.9 Å². The standard InChI is InChI=1S/C19H17BrClNO3/c20-14-5-1-12(2-6-14)9-10-22-19(24)16-11-17(23)25-18(16)13-3-7-15(21)8-4-13/h1-8,16,18H,9-11H2,(H,22,24)/t16-,18+/m0/s1. The molecule has 1 N–H and O–H groups in total. The number of nitrogens with one attached hydrogen (secondary N) is 1. The van der Waals surface area contributed by atoms with Gasteiger partial charge in [-0.05, 0) is 41.8 Å². The number of rotatable bonds is 5. The number of cyclic esters (lactones) is 1. The highest BCUT2D eigenvalue weighted by Gasteiger charge is 2.40. The summed E-state index contributed by atoms with van der Waals surface area (Å²) in [6, 6.07) is 15.0. The van der Waals surface area contributed by atoms with Gasteiger partial charge in [0.05, 0.1) is 12.3 Å². The minimum atomic E-state index is -0.558. The lowest BCUT2D eigenvalue weighted by molar-refractivity contribution is -0.141. The molecule has 2 aromatic rings. The molecular weight excluding hydrogens is 406 g/mol. The van der Waals surface area contributed by atoms with Crippen LogP contribution in [0.15, 0.2) is 53.0 Å². The second kappa shape index (κ2) is 8.02. The highest BCUT2D eigenvalue weighted by atomic mass is 79.9. The molecule has 0 spiro atoms. The predicted molar refractivity (Wildman–Crippen MR) is 99.2 cm³/mol. The largest absolute Gasteiger partial charge is 0.457 e. The Kier molecular flexibility index (Phi) is 5.76. The number of carbonyl (C=O) groups is 2. The Morgan fingerprint density at radius 1 is 1.16 bits per heavy atom. The van der Waals surface area contributed by atoms with Crippen molar-refractivity contribution in [2.75, 3.05) is 6.54 Å². The van der Waals surface area contributed by atoms with Gasteiger partial charge in [-0.1, -0.05) is 51.8 Å². The molecule has 25 heavy (non-hydrogen) atoms. The van der Waals surface area contributed by atoms with Crippen LogP contribution >= 0.6 is 27.5 Å². The molecule has 0 radical (unpaired) electrons. The van der Waals surface area contributed by atoms with E-state index in [1.165, 1.54) is 0 Å². The van der Waals surface area contributed by atoms with Crippen molar-refractivity contribution in [3.63, 3.8) is 0 Å². The molecule has 1 amide bonds. The number of ether oxygens (including phenoxy) is 1. The number of carbonyl (C=O) groups excluding carboxylic acids is 2. The van der Waals surface area contributed by atoms with E-state index in [1.807, 2.05) is 24.3 Å². The predicted octanol–water partition coefficient (Wildman–Crippen LogP) is 4.07. The maximum atomic E-state index is 12.5. The lowest BCUT2D eigenvalue weighted by atomic mass is 9.94. The van der Waals surface area contributed by atoms with Gasteiger partial charge in [0.25, 0.3) is 0 Å².